The van der Waals surface area contributed by atoms with E-state index < -0.39 is 0 Å². The molecular weight excluding hydrogens is 148 g/mol. The minimum atomic E-state index is 1.02. The second kappa shape index (κ2) is 3.39. The van der Waals surface area contributed by atoms with Gasteiger partial charge in [-0.15, -0.1) is 0 Å². The van der Waals surface area contributed by atoms with E-state index in [1.165, 1.54) is 0 Å². The fraction of sp³-hybridized carbons (Fsp3) is 0.300. The largest absolute Gasteiger partial charge is 0.334 e. The Hall–Kier alpha value is -1.31. The predicted octanol–water partition coefficient (Wildman–Crippen LogP) is 0.577. The third kappa shape index (κ3) is 1.33. The Morgan fingerprint density at radius 3 is 2.83 bits per heavy atom. The van der Waals surface area contributed by atoms with Crippen LogP contribution < -0.4 is 10.7 Å². The zero-order chi connectivity index (χ0) is 9.14. The maximum atomic E-state index is 4.28. The number of rotatable bonds is 1. The van der Waals surface area contributed by atoms with Crippen molar-refractivity contribution in [3.05, 3.63) is 29.7 Å². The van der Waals surface area contributed by atoms with Crippen LogP contribution in [0.1, 0.15) is 13.8 Å². The van der Waals surface area contributed by atoms with Crippen molar-refractivity contribution in [2.75, 3.05) is 0 Å². The SMILES string of the molecule is C=C/C(C)=c1/ncn(C)/c1=C/C. The molecule has 1 aromatic heterocycles. The van der Waals surface area contributed by atoms with Crippen molar-refractivity contribution in [3.63, 3.8) is 0 Å². The lowest BCUT2D eigenvalue weighted by atomic mass is 10.3. The van der Waals surface area contributed by atoms with Crippen LogP contribution in [0, 0.1) is 0 Å². The average molecular weight is 162 g/mol. The Morgan fingerprint density at radius 1 is 1.67 bits per heavy atom. The maximum Gasteiger partial charge on any atom is 0.0955 e. The van der Waals surface area contributed by atoms with E-state index in [2.05, 4.69) is 17.6 Å². The van der Waals surface area contributed by atoms with Crippen molar-refractivity contribution in [1.82, 2.24) is 9.55 Å². The van der Waals surface area contributed by atoms with Gasteiger partial charge in [-0.2, -0.15) is 0 Å². The van der Waals surface area contributed by atoms with Gasteiger partial charge < -0.3 is 4.57 Å². The summed E-state index contributed by atoms with van der Waals surface area (Å²) >= 11 is 0. The third-order valence-electron chi connectivity index (χ3n) is 1.94. The van der Waals surface area contributed by atoms with Crippen LogP contribution in [0.4, 0.5) is 0 Å². The normalized spacial score (nSPS) is 14.8. The van der Waals surface area contributed by atoms with Crippen LogP contribution in [0.5, 0.6) is 0 Å². The van der Waals surface area contributed by atoms with Crippen molar-refractivity contribution >= 4 is 11.6 Å². The summed E-state index contributed by atoms with van der Waals surface area (Å²) < 4.78 is 2.00. The molecule has 64 valence electrons. The standard InChI is InChI=1S/C10H14N2/c1-5-8(3)10-9(6-2)12(4)7-11-10/h5-7H,1H2,2-4H3/b9-6+,10-8+. The summed E-state index contributed by atoms with van der Waals surface area (Å²) in [5, 5.41) is 2.17. The van der Waals surface area contributed by atoms with Gasteiger partial charge in [0, 0.05) is 7.05 Å². The van der Waals surface area contributed by atoms with Gasteiger partial charge in [0.05, 0.1) is 17.0 Å². The van der Waals surface area contributed by atoms with Crippen LogP contribution in [-0.2, 0) is 7.05 Å². The first-order valence-electron chi connectivity index (χ1n) is 3.97. The molecule has 0 aromatic carbocycles. The number of aromatic nitrogens is 2. The van der Waals surface area contributed by atoms with Gasteiger partial charge in [0.15, 0.2) is 0 Å². The first kappa shape index (κ1) is 8.78. The van der Waals surface area contributed by atoms with E-state index in [-0.39, 0.29) is 0 Å². The van der Waals surface area contributed by atoms with E-state index >= 15 is 0 Å². The highest BCUT2D eigenvalue weighted by atomic mass is 15.0. The van der Waals surface area contributed by atoms with Crippen molar-refractivity contribution < 1.29 is 0 Å². The summed E-state index contributed by atoms with van der Waals surface area (Å²) in [6, 6.07) is 0. The molecule has 0 aliphatic carbocycles. The van der Waals surface area contributed by atoms with Gasteiger partial charge in [-0.3, -0.25) is 0 Å². The van der Waals surface area contributed by atoms with Gasteiger partial charge >= 0.3 is 0 Å². The Morgan fingerprint density at radius 2 is 2.33 bits per heavy atom. The molecule has 0 amide bonds. The molecule has 0 spiro atoms. The summed E-state index contributed by atoms with van der Waals surface area (Å²) in [4.78, 5) is 4.28. The molecule has 0 radical (unpaired) electrons. The summed E-state index contributed by atoms with van der Waals surface area (Å²) in [5.41, 5.74) is 1.11. The van der Waals surface area contributed by atoms with E-state index in [0.29, 0.717) is 0 Å². The first-order valence-corrected chi connectivity index (χ1v) is 3.97. The molecule has 0 bridgehead atoms. The molecule has 0 saturated heterocycles. The van der Waals surface area contributed by atoms with Gasteiger partial charge in [-0.1, -0.05) is 18.7 Å². The van der Waals surface area contributed by atoms with Crippen molar-refractivity contribution in [2.45, 2.75) is 13.8 Å². The molecule has 2 heteroatoms. The third-order valence-corrected chi connectivity index (χ3v) is 1.94. The van der Waals surface area contributed by atoms with Crippen LogP contribution in [0.25, 0.3) is 11.6 Å². The topological polar surface area (TPSA) is 17.8 Å². The molecule has 0 atom stereocenters. The molecule has 0 N–H and O–H groups in total. The Kier molecular flexibility index (Phi) is 2.48. The lowest BCUT2D eigenvalue weighted by molar-refractivity contribution is 0.880. The molecular formula is C10H14N2. The monoisotopic (exact) mass is 162 g/mol. The van der Waals surface area contributed by atoms with Gasteiger partial charge in [-0.05, 0) is 19.4 Å². The van der Waals surface area contributed by atoms with Crippen LogP contribution in [0.3, 0.4) is 0 Å². The second-order valence-electron chi connectivity index (χ2n) is 2.77. The van der Waals surface area contributed by atoms with E-state index in [1.54, 1.807) is 0 Å². The zero-order valence-corrected chi connectivity index (χ0v) is 7.83. The fourth-order valence-electron chi connectivity index (χ4n) is 1.18. The summed E-state index contributed by atoms with van der Waals surface area (Å²) in [7, 11) is 1.99. The Bertz CT molecular complexity index is 396. The second-order valence-corrected chi connectivity index (χ2v) is 2.77. The van der Waals surface area contributed by atoms with E-state index in [0.717, 1.165) is 16.3 Å². The molecule has 1 heterocycles. The quantitative estimate of drug-likeness (QED) is 0.590. The van der Waals surface area contributed by atoms with Crippen molar-refractivity contribution in [3.8, 4) is 0 Å². The Balaban J connectivity index is 3.67. The predicted molar refractivity (Wildman–Crippen MR) is 51.9 cm³/mol. The van der Waals surface area contributed by atoms with Crippen LogP contribution in [0.15, 0.2) is 19.0 Å². The highest BCUT2D eigenvalue weighted by Gasteiger charge is 1.93. The molecule has 1 rings (SSSR count). The molecule has 0 unspecified atom stereocenters. The fourth-order valence-corrected chi connectivity index (χ4v) is 1.18. The van der Waals surface area contributed by atoms with Gasteiger partial charge in [0.25, 0.3) is 0 Å². The molecule has 2 nitrogen and oxygen atoms in total. The highest BCUT2D eigenvalue weighted by molar-refractivity contribution is 5.51. The van der Waals surface area contributed by atoms with E-state index in [4.69, 9.17) is 0 Å². The first-order chi connectivity index (χ1) is 5.70. The lowest BCUT2D eigenvalue weighted by Gasteiger charge is -1.88. The maximum absolute atomic E-state index is 4.28. The number of nitrogens with zero attached hydrogens (tertiary/aromatic N) is 2. The zero-order valence-electron chi connectivity index (χ0n) is 7.83. The van der Waals surface area contributed by atoms with E-state index in [9.17, 15) is 0 Å². The van der Waals surface area contributed by atoms with Crippen LogP contribution in [-0.4, -0.2) is 9.55 Å². The van der Waals surface area contributed by atoms with Crippen molar-refractivity contribution in [2.24, 2.45) is 7.05 Å². The van der Waals surface area contributed by atoms with Crippen LogP contribution >= 0.6 is 0 Å². The molecule has 0 aliphatic rings. The molecule has 1 aromatic rings. The Labute approximate surface area is 72.6 Å². The lowest BCUT2D eigenvalue weighted by Crippen LogP contribution is -2.29. The number of hydrogen-bond acceptors (Lipinski definition) is 1. The summed E-state index contributed by atoms with van der Waals surface area (Å²) in [6.45, 7) is 7.75. The number of allylic oxidation sites excluding steroid dienone is 1. The van der Waals surface area contributed by atoms with Gasteiger partial charge in [-0.25, -0.2) is 4.98 Å². The molecule has 12 heavy (non-hydrogen) atoms. The summed E-state index contributed by atoms with van der Waals surface area (Å²) in [6.07, 6.45) is 5.70. The van der Waals surface area contributed by atoms with Gasteiger partial charge in [0.1, 0.15) is 0 Å². The molecule has 0 aliphatic heterocycles. The number of hydrogen-bond donors (Lipinski definition) is 0. The number of aryl methyl sites for hydroxylation is 1. The summed E-state index contributed by atoms with van der Waals surface area (Å²) in [5.74, 6) is 0. The molecule has 0 fully saturated rings. The van der Waals surface area contributed by atoms with Crippen molar-refractivity contribution in [1.29, 1.82) is 0 Å². The smallest absolute Gasteiger partial charge is 0.0955 e. The average Bonchev–Trinajstić information content (AvgIpc) is 2.45. The minimum absolute atomic E-state index is 1.02. The number of imidazole rings is 1. The van der Waals surface area contributed by atoms with Gasteiger partial charge in [0.2, 0.25) is 0 Å². The van der Waals surface area contributed by atoms with Crippen LogP contribution in [0.2, 0.25) is 0 Å². The highest BCUT2D eigenvalue weighted by Crippen LogP contribution is 1.86. The molecule has 0 saturated carbocycles. The van der Waals surface area contributed by atoms with E-state index in [1.807, 2.05) is 37.9 Å². The minimum Gasteiger partial charge on any atom is -0.334 e.